The molecule has 0 bridgehead atoms. The van der Waals surface area contributed by atoms with Crippen molar-refractivity contribution in [3.63, 3.8) is 0 Å². The summed E-state index contributed by atoms with van der Waals surface area (Å²) in [6, 6.07) is 10.6. The highest BCUT2D eigenvalue weighted by molar-refractivity contribution is 7.80. The Labute approximate surface area is 405 Å². The molecule has 2 fully saturated rings. The quantitative estimate of drug-likeness (QED) is 0.0571. The molecule has 22 heteroatoms. The smallest absolute Gasteiger partial charge is 0.420 e. The fourth-order valence-corrected chi connectivity index (χ4v) is 9.44. The minimum atomic E-state index is -5.11. The lowest BCUT2D eigenvalue weighted by molar-refractivity contribution is -0.144. The number of hydrogen-bond acceptors (Lipinski definition) is 12. The number of rotatable bonds is 17. The summed E-state index contributed by atoms with van der Waals surface area (Å²) in [7, 11) is 0. The van der Waals surface area contributed by atoms with Gasteiger partial charge >= 0.3 is 6.18 Å². The number of ether oxygens (including phenoxy) is 3. The van der Waals surface area contributed by atoms with Gasteiger partial charge in [0.05, 0.1) is 81.8 Å². The number of anilines is 2. The Morgan fingerprint density at radius 1 is 1.06 bits per heavy atom. The highest BCUT2D eigenvalue weighted by atomic mass is 35.5. The minimum Gasteiger partial charge on any atom is -0.475 e. The van der Waals surface area contributed by atoms with E-state index in [0.29, 0.717) is 5.69 Å². The molecule has 2 aromatic heterocycles. The van der Waals surface area contributed by atoms with Gasteiger partial charge in [-0.3, -0.25) is 14.4 Å². The van der Waals surface area contributed by atoms with Gasteiger partial charge in [-0.1, -0.05) is 56.6 Å². The van der Waals surface area contributed by atoms with E-state index in [2.05, 4.69) is 20.6 Å². The molecule has 2 saturated heterocycles. The Morgan fingerprint density at radius 2 is 1.75 bits per heavy atom. The van der Waals surface area contributed by atoms with Crippen molar-refractivity contribution in [2.24, 2.45) is 5.41 Å². The molecule has 0 saturated carbocycles. The van der Waals surface area contributed by atoms with Crippen LogP contribution in [-0.2, 0) is 36.6 Å². The Morgan fingerprint density at radius 3 is 2.38 bits per heavy atom. The molecule has 0 aliphatic carbocycles. The van der Waals surface area contributed by atoms with Gasteiger partial charge in [-0.25, -0.2) is 14.4 Å². The number of thiazole rings is 1. The molecular weight excluding hydrogens is 952 g/mol. The van der Waals surface area contributed by atoms with E-state index in [-0.39, 0.29) is 75.1 Å². The number of halogens is 5. The molecule has 2 aromatic carbocycles. The monoisotopic (exact) mass is 1000 g/mol. The molecule has 0 spiro atoms. The highest BCUT2D eigenvalue weighted by Gasteiger charge is 2.47. The van der Waals surface area contributed by atoms with Gasteiger partial charge in [0.2, 0.25) is 23.6 Å². The van der Waals surface area contributed by atoms with Gasteiger partial charge in [-0.2, -0.15) is 18.4 Å². The molecule has 6 rings (SSSR count). The molecule has 2 aliphatic heterocycles. The highest BCUT2D eigenvalue weighted by Crippen LogP contribution is 2.43. The first kappa shape index (κ1) is 51.9. The number of amides is 3. The number of β-amino-alcohol motifs (C(OH)–C–C–N with tert-alkyl or cyclic N) is 1. The Balaban J connectivity index is 0.932. The minimum absolute atomic E-state index is 0.0111. The third kappa shape index (κ3) is 12.0. The molecule has 4 heterocycles. The summed E-state index contributed by atoms with van der Waals surface area (Å²) in [4.78, 5) is 54.1. The van der Waals surface area contributed by atoms with Crippen LogP contribution >= 0.6 is 35.2 Å². The maximum absolute atomic E-state index is 15.4. The molecule has 3 amide bonds. The second-order valence-electron chi connectivity index (χ2n) is 17.9. The number of carbonyl (C=O) groups excluding carboxylic acids is 3. The standard InChI is InChI=1S/C46H51ClF4N8O7S2/c1-26-39(68-25-55-26)28-9-7-27(8-10-28)20-54-41(62)33-17-30(60)22-57(33)42(63)40(44(2,3)4)56-35(61)23-65-14-13-64-15-16-66-36-18-31(47)34(21-53-36)59-43(67)58(24-45(59,5)6)32-12-11-29(19-52)37(38(32)48)46(49,50)51/h7-12,18,21,25,30,33,40,60H,13-17,20,22-24H2,1-6H3,(H,54,62)(H,56,61)/t30-,33+,40-/m1/s1. The van der Waals surface area contributed by atoms with E-state index in [1.54, 1.807) is 56.4 Å². The number of hydrogen-bond donors (Lipinski definition) is 3. The molecule has 0 radical (unpaired) electrons. The van der Waals surface area contributed by atoms with Gasteiger partial charge in [-0.15, -0.1) is 11.3 Å². The summed E-state index contributed by atoms with van der Waals surface area (Å²) in [5.74, 6) is -2.96. The van der Waals surface area contributed by atoms with E-state index in [0.717, 1.165) is 33.8 Å². The van der Waals surface area contributed by atoms with Crippen molar-refractivity contribution in [2.45, 2.75) is 84.4 Å². The van der Waals surface area contributed by atoms with Crippen LogP contribution in [0.15, 0.2) is 54.2 Å². The maximum Gasteiger partial charge on any atom is 0.420 e. The van der Waals surface area contributed by atoms with E-state index in [4.69, 9.17) is 38.0 Å². The van der Waals surface area contributed by atoms with Crippen LogP contribution in [0.25, 0.3) is 10.4 Å². The molecule has 3 N–H and O–H groups in total. The fraction of sp³-hybridized carbons (Fsp3) is 0.457. The summed E-state index contributed by atoms with van der Waals surface area (Å²) in [6.45, 7) is 10.8. The molecule has 0 unspecified atom stereocenters. The molecule has 4 aromatic rings. The number of aliphatic hydroxyl groups excluding tert-OH is 1. The van der Waals surface area contributed by atoms with E-state index in [9.17, 15) is 37.9 Å². The lowest BCUT2D eigenvalue weighted by Gasteiger charge is -2.35. The number of aliphatic hydroxyl groups is 1. The predicted octanol–water partition coefficient (Wildman–Crippen LogP) is 6.81. The van der Waals surface area contributed by atoms with Crippen molar-refractivity contribution in [3.8, 4) is 22.4 Å². The zero-order valence-electron chi connectivity index (χ0n) is 38.1. The summed E-state index contributed by atoms with van der Waals surface area (Å²) >= 11 is 13.8. The van der Waals surface area contributed by atoms with Crippen molar-refractivity contribution in [3.05, 3.63) is 87.4 Å². The first-order valence-corrected chi connectivity index (χ1v) is 23.1. The van der Waals surface area contributed by atoms with Gasteiger partial charge in [0.25, 0.3) is 0 Å². The van der Waals surface area contributed by atoms with Crippen LogP contribution in [0.4, 0.5) is 28.9 Å². The van der Waals surface area contributed by atoms with Crippen LogP contribution < -0.4 is 25.2 Å². The normalized spacial score (nSPS) is 17.6. The largest absolute Gasteiger partial charge is 0.475 e. The van der Waals surface area contributed by atoms with Gasteiger partial charge < -0.3 is 44.7 Å². The van der Waals surface area contributed by atoms with Gasteiger partial charge in [0, 0.05) is 32.1 Å². The van der Waals surface area contributed by atoms with Crippen LogP contribution in [0, 0.1) is 29.5 Å². The maximum atomic E-state index is 15.4. The zero-order valence-corrected chi connectivity index (χ0v) is 40.5. The SMILES string of the molecule is Cc1ncsc1-c1ccc(CNC(=O)[C@@H]2C[C@@H](O)CN2C(=O)[C@@H](NC(=O)COCCOCCOc2cc(Cl)c(N3C(=S)N(c4ccc(C#N)c(C(F)(F)F)c4F)CC3(C)C)cn2)C(C)(C)C)cc1. The van der Waals surface area contributed by atoms with E-state index in [1.807, 2.05) is 31.2 Å². The molecule has 15 nitrogen and oxygen atoms in total. The first-order chi connectivity index (χ1) is 32.0. The molecular formula is C46H51ClF4N8O7S2. The average molecular weight is 1000 g/mol. The van der Waals surface area contributed by atoms with Crippen LogP contribution in [0.1, 0.15) is 63.4 Å². The third-order valence-electron chi connectivity index (χ3n) is 11.2. The van der Waals surface area contributed by atoms with Crippen molar-refractivity contribution >= 4 is 69.4 Å². The van der Waals surface area contributed by atoms with Crippen molar-refractivity contribution < 1.29 is 51.3 Å². The van der Waals surface area contributed by atoms with E-state index < -0.39 is 75.7 Å². The number of nitriles is 1. The number of nitrogens with zero attached hydrogens (tertiary/aromatic N) is 6. The molecule has 68 heavy (non-hydrogen) atoms. The number of carbonyl (C=O) groups is 3. The van der Waals surface area contributed by atoms with Gasteiger partial charge in [0.1, 0.15) is 30.9 Å². The lowest BCUT2D eigenvalue weighted by Crippen LogP contribution is -2.58. The Hall–Kier alpha value is -5.50. The average Bonchev–Trinajstić information content (AvgIpc) is 3.95. The van der Waals surface area contributed by atoms with Crippen LogP contribution in [0.2, 0.25) is 5.02 Å². The number of benzene rings is 2. The van der Waals surface area contributed by atoms with Crippen LogP contribution in [0.3, 0.4) is 0 Å². The summed E-state index contributed by atoms with van der Waals surface area (Å²) in [5.41, 5.74) is 0.306. The second kappa shape index (κ2) is 21.4. The summed E-state index contributed by atoms with van der Waals surface area (Å²) in [6.07, 6.45) is -4.60. The number of likely N-dealkylation sites (tertiary alicyclic amines) is 1. The number of alkyl halides is 3. The number of aryl methyl sites for hydroxylation is 1. The lowest BCUT2D eigenvalue weighted by atomic mass is 9.85. The van der Waals surface area contributed by atoms with Crippen molar-refractivity contribution in [1.82, 2.24) is 25.5 Å². The molecule has 364 valence electrons. The number of pyridine rings is 1. The Kier molecular flexibility index (Phi) is 16.3. The number of nitrogens with one attached hydrogen (secondary N) is 2. The van der Waals surface area contributed by atoms with E-state index >= 15 is 4.39 Å². The summed E-state index contributed by atoms with van der Waals surface area (Å²) in [5, 5.41) is 25.5. The van der Waals surface area contributed by atoms with Crippen molar-refractivity contribution in [1.29, 1.82) is 5.26 Å². The zero-order chi connectivity index (χ0) is 49.7. The van der Waals surface area contributed by atoms with Gasteiger partial charge in [-0.05, 0) is 61.7 Å². The number of thiocarbonyl (C=S) groups is 1. The van der Waals surface area contributed by atoms with Crippen LogP contribution in [-0.4, -0.2) is 113 Å². The van der Waals surface area contributed by atoms with Crippen LogP contribution in [0.5, 0.6) is 5.88 Å². The topological polar surface area (TPSA) is 182 Å². The number of aromatic nitrogens is 2. The Bertz CT molecular complexity index is 2550. The van der Waals surface area contributed by atoms with Crippen molar-refractivity contribution in [2.75, 3.05) is 55.9 Å². The third-order valence-corrected chi connectivity index (χ3v) is 12.9. The fourth-order valence-electron chi connectivity index (χ4n) is 7.89. The predicted molar refractivity (Wildman–Crippen MR) is 251 cm³/mol. The second-order valence-corrected chi connectivity index (χ2v) is 19.5. The molecule has 3 atom stereocenters. The summed E-state index contributed by atoms with van der Waals surface area (Å²) < 4.78 is 73.3. The first-order valence-electron chi connectivity index (χ1n) is 21.4. The molecule has 2 aliphatic rings. The van der Waals surface area contributed by atoms with E-state index in [1.165, 1.54) is 28.1 Å². The van der Waals surface area contributed by atoms with Gasteiger partial charge in [0.15, 0.2) is 10.9 Å².